The van der Waals surface area contributed by atoms with Gasteiger partial charge in [-0.2, -0.15) is 0 Å². The molecule has 27 heavy (non-hydrogen) atoms. The summed E-state index contributed by atoms with van der Waals surface area (Å²) in [5.74, 6) is 0.340. The summed E-state index contributed by atoms with van der Waals surface area (Å²) in [7, 11) is 0. The number of aryl methyl sites for hydroxylation is 1. The van der Waals surface area contributed by atoms with Gasteiger partial charge in [0, 0.05) is 55.9 Å². The van der Waals surface area contributed by atoms with Crippen molar-refractivity contribution in [3.63, 3.8) is 0 Å². The van der Waals surface area contributed by atoms with Crippen LogP contribution in [0.3, 0.4) is 0 Å². The number of nitrogens with one attached hydrogen (secondary N) is 1. The molecule has 2 heterocycles. The first-order valence-corrected chi connectivity index (χ1v) is 9.69. The number of rotatable bonds is 5. The van der Waals surface area contributed by atoms with Gasteiger partial charge in [-0.3, -0.25) is 4.90 Å². The van der Waals surface area contributed by atoms with E-state index in [9.17, 15) is 5.11 Å². The van der Waals surface area contributed by atoms with E-state index in [1.165, 1.54) is 22.5 Å². The predicted octanol–water partition coefficient (Wildman–Crippen LogP) is 4.06. The number of piperazine rings is 1. The molecule has 1 fully saturated rings. The van der Waals surface area contributed by atoms with Gasteiger partial charge < -0.3 is 15.0 Å². The normalized spacial score (nSPS) is 15.2. The quantitative estimate of drug-likeness (QED) is 0.720. The highest BCUT2D eigenvalue weighted by molar-refractivity contribution is 5.61. The van der Waals surface area contributed by atoms with Crippen LogP contribution in [0.4, 0.5) is 5.69 Å². The van der Waals surface area contributed by atoms with Gasteiger partial charge in [0.05, 0.1) is 0 Å². The Morgan fingerprint density at radius 3 is 2.44 bits per heavy atom. The van der Waals surface area contributed by atoms with Crippen molar-refractivity contribution < 1.29 is 5.11 Å². The highest BCUT2D eigenvalue weighted by atomic mass is 16.3. The summed E-state index contributed by atoms with van der Waals surface area (Å²) in [6, 6.07) is 20.4. The van der Waals surface area contributed by atoms with Gasteiger partial charge in [0.1, 0.15) is 5.75 Å². The maximum atomic E-state index is 9.68. The minimum absolute atomic E-state index is 0.340. The number of aromatic nitrogens is 1. The summed E-state index contributed by atoms with van der Waals surface area (Å²) < 4.78 is 0. The van der Waals surface area contributed by atoms with Gasteiger partial charge >= 0.3 is 0 Å². The summed E-state index contributed by atoms with van der Waals surface area (Å²) in [4.78, 5) is 8.42. The lowest BCUT2D eigenvalue weighted by Crippen LogP contribution is -2.47. The number of phenols is 1. The average Bonchev–Trinajstić information content (AvgIpc) is 3.08. The molecule has 0 saturated carbocycles. The van der Waals surface area contributed by atoms with Gasteiger partial charge in [0.2, 0.25) is 0 Å². The molecule has 4 rings (SSSR count). The van der Waals surface area contributed by atoms with E-state index in [2.05, 4.69) is 64.2 Å². The Labute approximate surface area is 161 Å². The van der Waals surface area contributed by atoms with Gasteiger partial charge in [0.25, 0.3) is 0 Å². The van der Waals surface area contributed by atoms with Crippen molar-refractivity contribution in [2.45, 2.75) is 13.3 Å². The summed E-state index contributed by atoms with van der Waals surface area (Å²) in [6.45, 7) is 7.38. The molecule has 140 valence electrons. The van der Waals surface area contributed by atoms with E-state index in [4.69, 9.17) is 0 Å². The van der Waals surface area contributed by atoms with E-state index >= 15 is 0 Å². The number of hydrogen-bond acceptors (Lipinski definition) is 3. The molecule has 0 aliphatic carbocycles. The van der Waals surface area contributed by atoms with Crippen LogP contribution in [0.5, 0.6) is 5.75 Å². The Hall–Kier alpha value is -2.72. The molecule has 1 saturated heterocycles. The van der Waals surface area contributed by atoms with Gasteiger partial charge in [-0.1, -0.05) is 36.4 Å². The molecule has 3 aromatic rings. The van der Waals surface area contributed by atoms with Gasteiger partial charge in [-0.25, -0.2) is 0 Å². The topological polar surface area (TPSA) is 42.5 Å². The molecular weight excluding hydrogens is 334 g/mol. The van der Waals surface area contributed by atoms with Crippen molar-refractivity contribution in [1.82, 2.24) is 9.88 Å². The first kappa shape index (κ1) is 17.7. The number of nitrogens with zero attached hydrogens (tertiary/aromatic N) is 2. The number of phenolic OH excluding ortho intramolecular Hbond substituents is 1. The van der Waals surface area contributed by atoms with Crippen molar-refractivity contribution in [3.8, 4) is 17.0 Å². The molecule has 2 aromatic carbocycles. The number of H-pyrrole nitrogens is 1. The molecule has 1 aromatic heterocycles. The first-order valence-electron chi connectivity index (χ1n) is 9.69. The fourth-order valence-corrected chi connectivity index (χ4v) is 3.83. The number of aromatic hydroxyl groups is 1. The van der Waals surface area contributed by atoms with Crippen molar-refractivity contribution in [2.75, 3.05) is 37.6 Å². The van der Waals surface area contributed by atoms with Crippen LogP contribution in [0.25, 0.3) is 11.3 Å². The van der Waals surface area contributed by atoms with Crippen LogP contribution in [0.2, 0.25) is 0 Å². The van der Waals surface area contributed by atoms with E-state index in [1.54, 1.807) is 6.07 Å². The molecule has 0 unspecified atom stereocenters. The third-order valence-corrected chi connectivity index (χ3v) is 5.47. The zero-order valence-electron chi connectivity index (χ0n) is 15.9. The third-order valence-electron chi connectivity index (χ3n) is 5.47. The summed E-state index contributed by atoms with van der Waals surface area (Å²) in [6.07, 6.45) is 1.07. The molecule has 0 amide bonds. The fourth-order valence-electron chi connectivity index (χ4n) is 3.83. The lowest BCUT2D eigenvalue weighted by Gasteiger charge is -2.36. The molecular formula is C23H27N3O. The Balaban J connectivity index is 1.32. The second kappa shape index (κ2) is 7.89. The maximum absolute atomic E-state index is 9.68. The Morgan fingerprint density at radius 1 is 0.926 bits per heavy atom. The van der Waals surface area contributed by atoms with Crippen molar-refractivity contribution in [3.05, 3.63) is 71.9 Å². The number of aromatic amines is 1. The number of benzene rings is 2. The van der Waals surface area contributed by atoms with E-state index in [0.717, 1.165) is 44.8 Å². The molecule has 2 N–H and O–H groups in total. The zero-order valence-corrected chi connectivity index (χ0v) is 15.9. The number of anilines is 1. The van der Waals surface area contributed by atoms with Crippen molar-refractivity contribution in [1.29, 1.82) is 0 Å². The molecule has 0 radical (unpaired) electrons. The molecule has 4 nitrogen and oxygen atoms in total. The van der Waals surface area contributed by atoms with Crippen LogP contribution >= 0.6 is 0 Å². The summed E-state index contributed by atoms with van der Waals surface area (Å²) in [5.41, 5.74) is 6.24. The predicted molar refractivity (Wildman–Crippen MR) is 111 cm³/mol. The molecule has 1 aliphatic heterocycles. The molecule has 0 bridgehead atoms. The van der Waals surface area contributed by atoms with E-state index < -0.39 is 0 Å². The standard InChI is InChI=1S/C23H27N3O/c1-18-20(16-23(24-18)19-6-3-2-4-7-19)10-11-25-12-14-26(15-13-25)21-8-5-9-22(27)17-21/h2-9,16-17,24,27H,10-15H2,1H3. The largest absolute Gasteiger partial charge is 0.508 e. The second-order valence-corrected chi connectivity index (χ2v) is 7.30. The van der Waals surface area contributed by atoms with Crippen molar-refractivity contribution >= 4 is 5.69 Å². The van der Waals surface area contributed by atoms with Crippen molar-refractivity contribution in [2.24, 2.45) is 0 Å². The van der Waals surface area contributed by atoms with E-state index in [0.29, 0.717) is 5.75 Å². The minimum atomic E-state index is 0.340. The minimum Gasteiger partial charge on any atom is -0.508 e. The smallest absolute Gasteiger partial charge is 0.117 e. The first-order chi connectivity index (χ1) is 13.2. The zero-order chi connectivity index (χ0) is 18.6. The summed E-state index contributed by atoms with van der Waals surface area (Å²) in [5, 5.41) is 9.68. The second-order valence-electron chi connectivity index (χ2n) is 7.30. The SMILES string of the molecule is Cc1[nH]c(-c2ccccc2)cc1CCN1CCN(c2cccc(O)c2)CC1. The van der Waals surface area contributed by atoms with Gasteiger partial charge in [0.15, 0.2) is 0 Å². The highest BCUT2D eigenvalue weighted by Gasteiger charge is 2.18. The van der Waals surface area contributed by atoms with E-state index in [-0.39, 0.29) is 0 Å². The molecule has 0 spiro atoms. The van der Waals surface area contributed by atoms with Crippen LogP contribution in [0.1, 0.15) is 11.3 Å². The highest BCUT2D eigenvalue weighted by Crippen LogP contribution is 2.23. The van der Waals surface area contributed by atoms with Gasteiger partial charge in [-0.05, 0) is 42.7 Å². The summed E-state index contributed by atoms with van der Waals surface area (Å²) >= 11 is 0. The lowest BCUT2D eigenvalue weighted by molar-refractivity contribution is 0.261. The average molecular weight is 361 g/mol. The van der Waals surface area contributed by atoms with Crippen LogP contribution in [-0.2, 0) is 6.42 Å². The van der Waals surface area contributed by atoms with E-state index in [1.807, 2.05) is 12.1 Å². The Bertz CT molecular complexity index is 880. The van der Waals surface area contributed by atoms with Crippen LogP contribution in [0.15, 0.2) is 60.7 Å². The molecule has 4 heteroatoms. The molecule has 1 aliphatic rings. The monoisotopic (exact) mass is 361 g/mol. The lowest BCUT2D eigenvalue weighted by atomic mass is 10.1. The Kier molecular flexibility index (Phi) is 5.16. The van der Waals surface area contributed by atoms with Crippen LogP contribution < -0.4 is 4.90 Å². The Morgan fingerprint density at radius 2 is 1.70 bits per heavy atom. The fraction of sp³-hybridized carbons (Fsp3) is 0.304. The van der Waals surface area contributed by atoms with Crippen LogP contribution in [-0.4, -0.2) is 47.7 Å². The third kappa shape index (κ3) is 4.17. The van der Waals surface area contributed by atoms with Crippen LogP contribution in [0, 0.1) is 6.92 Å². The number of hydrogen-bond donors (Lipinski definition) is 2. The maximum Gasteiger partial charge on any atom is 0.117 e. The van der Waals surface area contributed by atoms with Gasteiger partial charge in [-0.15, -0.1) is 0 Å². The molecule has 0 atom stereocenters.